The second-order valence-corrected chi connectivity index (χ2v) is 9.20. The van der Waals surface area contributed by atoms with E-state index in [0.717, 1.165) is 4.31 Å². The van der Waals surface area contributed by atoms with E-state index in [9.17, 15) is 18.0 Å². The number of carbonyl (C=O) groups excluding carboxylic acids is 2. The number of hydrogen-bond acceptors (Lipinski definition) is 8. The van der Waals surface area contributed by atoms with Gasteiger partial charge in [-0.05, 0) is 54.6 Å². The van der Waals surface area contributed by atoms with Crippen molar-refractivity contribution in [2.75, 3.05) is 39.3 Å². The molecular weight excluding hydrogens is 474 g/mol. The Morgan fingerprint density at radius 3 is 2.11 bits per heavy atom. The smallest absolute Gasteiger partial charge is 0.338 e. The van der Waals surface area contributed by atoms with Gasteiger partial charge < -0.3 is 18.9 Å². The molecule has 0 aliphatic heterocycles. The van der Waals surface area contributed by atoms with Gasteiger partial charge in [-0.3, -0.25) is 9.10 Å². The fourth-order valence-electron chi connectivity index (χ4n) is 3.26. The van der Waals surface area contributed by atoms with Gasteiger partial charge in [0.1, 0.15) is 17.2 Å². The molecule has 0 N–H and O–H groups in total. The van der Waals surface area contributed by atoms with E-state index < -0.39 is 28.4 Å². The maximum absolute atomic E-state index is 13.1. The lowest BCUT2D eigenvalue weighted by atomic mass is 10.1. The SMILES string of the molecule is COc1ccc(OC)c(C(=O)COC(=O)c2ccc(S(=O)(=O)N(C)c3ccccc3OC)cc2)c1. The standard InChI is InChI=1S/C25H25NO8S/c1-26(21-7-5-6-8-24(21)33-4)35(29,30)19-12-9-17(10-13-19)25(28)34-16-22(27)20-15-18(31-2)11-14-23(20)32-3/h5-15H,16H2,1-4H3. The first-order chi connectivity index (χ1) is 16.7. The highest BCUT2D eigenvalue weighted by atomic mass is 32.2. The monoisotopic (exact) mass is 499 g/mol. The van der Waals surface area contributed by atoms with Gasteiger partial charge in [0, 0.05) is 7.05 Å². The summed E-state index contributed by atoms with van der Waals surface area (Å²) in [4.78, 5) is 25.0. The first kappa shape index (κ1) is 25.6. The summed E-state index contributed by atoms with van der Waals surface area (Å²) in [6.07, 6.45) is 0. The highest BCUT2D eigenvalue weighted by molar-refractivity contribution is 7.92. The summed E-state index contributed by atoms with van der Waals surface area (Å²) in [5.74, 6) is -0.0824. The number of nitrogens with zero attached hydrogens (tertiary/aromatic N) is 1. The van der Waals surface area contributed by atoms with Gasteiger partial charge in [0.2, 0.25) is 5.78 Å². The predicted octanol–water partition coefficient (Wildman–Crippen LogP) is 3.58. The van der Waals surface area contributed by atoms with E-state index in [0.29, 0.717) is 22.9 Å². The molecule has 10 heteroatoms. The van der Waals surface area contributed by atoms with E-state index in [1.54, 1.807) is 36.4 Å². The first-order valence-corrected chi connectivity index (χ1v) is 11.8. The summed E-state index contributed by atoms with van der Waals surface area (Å²) < 4.78 is 47.9. The third-order valence-corrected chi connectivity index (χ3v) is 7.00. The predicted molar refractivity (Wildman–Crippen MR) is 129 cm³/mol. The van der Waals surface area contributed by atoms with Crippen molar-refractivity contribution in [1.82, 2.24) is 0 Å². The molecule has 0 saturated carbocycles. The van der Waals surface area contributed by atoms with Crippen LogP contribution in [0.1, 0.15) is 20.7 Å². The average molecular weight is 500 g/mol. The number of benzene rings is 3. The minimum Gasteiger partial charge on any atom is -0.497 e. The molecule has 0 spiro atoms. The number of para-hydroxylation sites is 2. The van der Waals surface area contributed by atoms with Gasteiger partial charge in [-0.15, -0.1) is 0 Å². The van der Waals surface area contributed by atoms with E-state index in [2.05, 4.69) is 0 Å². The maximum Gasteiger partial charge on any atom is 0.338 e. The highest BCUT2D eigenvalue weighted by Crippen LogP contribution is 2.31. The molecule has 0 radical (unpaired) electrons. The lowest BCUT2D eigenvalue weighted by Crippen LogP contribution is -2.27. The second kappa shape index (κ2) is 10.9. The first-order valence-electron chi connectivity index (χ1n) is 10.4. The molecule has 0 fully saturated rings. The van der Waals surface area contributed by atoms with Crippen molar-refractivity contribution in [2.24, 2.45) is 0 Å². The summed E-state index contributed by atoms with van der Waals surface area (Å²) in [5.41, 5.74) is 0.666. The number of Topliss-reactive ketones (excluding diaryl/α,β-unsaturated/α-hetero) is 1. The molecule has 0 aliphatic carbocycles. The van der Waals surface area contributed by atoms with Crippen molar-refractivity contribution in [3.63, 3.8) is 0 Å². The van der Waals surface area contributed by atoms with Gasteiger partial charge in [-0.25, -0.2) is 13.2 Å². The minimum atomic E-state index is -3.92. The number of sulfonamides is 1. The number of anilines is 1. The number of rotatable bonds is 10. The fraction of sp³-hybridized carbons (Fsp3) is 0.200. The number of carbonyl (C=O) groups is 2. The molecular formula is C25H25NO8S. The summed E-state index contributed by atoms with van der Waals surface area (Å²) >= 11 is 0. The summed E-state index contributed by atoms with van der Waals surface area (Å²) in [6.45, 7) is -0.529. The zero-order chi connectivity index (χ0) is 25.6. The average Bonchev–Trinajstić information content (AvgIpc) is 2.90. The van der Waals surface area contributed by atoms with Crippen LogP contribution in [0.25, 0.3) is 0 Å². The Balaban J connectivity index is 1.72. The van der Waals surface area contributed by atoms with Crippen molar-refractivity contribution in [3.8, 4) is 17.2 Å². The quantitative estimate of drug-likeness (QED) is 0.308. The van der Waals surface area contributed by atoms with Crippen LogP contribution in [0.15, 0.2) is 71.6 Å². The summed E-state index contributed by atoms with van der Waals surface area (Å²) in [5, 5.41) is 0. The third-order valence-electron chi connectivity index (χ3n) is 5.21. The molecule has 35 heavy (non-hydrogen) atoms. The Labute approximate surface area is 203 Å². The van der Waals surface area contributed by atoms with Crippen LogP contribution >= 0.6 is 0 Å². The Morgan fingerprint density at radius 1 is 0.829 bits per heavy atom. The molecule has 0 aliphatic rings. The molecule has 0 aromatic heterocycles. The molecule has 3 aromatic carbocycles. The lowest BCUT2D eigenvalue weighted by Gasteiger charge is -2.21. The van der Waals surface area contributed by atoms with Gasteiger partial charge in [0.25, 0.3) is 10.0 Å². The summed E-state index contributed by atoms with van der Waals surface area (Å²) in [7, 11) is 1.83. The van der Waals surface area contributed by atoms with Crippen molar-refractivity contribution >= 4 is 27.5 Å². The van der Waals surface area contributed by atoms with Crippen LogP contribution in [0.5, 0.6) is 17.2 Å². The van der Waals surface area contributed by atoms with Crippen LogP contribution in [0.2, 0.25) is 0 Å². The molecule has 0 amide bonds. The topological polar surface area (TPSA) is 108 Å². The van der Waals surface area contributed by atoms with Crippen molar-refractivity contribution in [1.29, 1.82) is 0 Å². The van der Waals surface area contributed by atoms with Crippen LogP contribution < -0.4 is 18.5 Å². The van der Waals surface area contributed by atoms with Crippen LogP contribution in [-0.2, 0) is 14.8 Å². The Morgan fingerprint density at radius 2 is 1.49 bits per heavy atom. The van der Waals surface area contributed by atoms with Gasteiger partial charge >= 0.3 is 5.97 Å². The largest absolute Gasteiger partial charge is 0.497 e. The molecule has 184 valence electrons. The number of ether oxygens (including phenoxy) is 4. The van der Waals surface area contributed by atoms with Crippen molar-refractivity contribution in [2.45, 2.75) is 4.90 Å². The molecule has 0 saturated heterocycles. The van der Waals surface area contributed by atoms with E-state index in [1.807, 2.05) is 0 Å². The van der Waals surface area contributed by atoms with Crippen LogP contribution in [0, 0.1) is 0 Å². The van der Waals surface area contributed by atoms with Crippen LogP contribution in [0.3, 0.4) is 0 Å². The number of hydrogen-bond donors (Lipinski definition) is 0. The Bertz CT molecular complexity index is 1320. The number of esters is 1. The second-order valence-electron chi connectivity index (χ2n) is 7.23. The van der Waals surface area contributed by atoms with E-state index in [-0.39, 0.29) is 16.0 Å². The van der Waals surface area contributed by atoms with Crippen molar-refractivity contribution < 1.29 is 37.0 Å². The number of methoxy groups -OCH3 is 3. The molecule has 0 bridgehead atoms. The van der Waals surface area contributed by atoms with Gasteiger partial charge in [0.05, 0.1) is 43.0 Å². The van der Waals surface area contributed by atoms with Crippen molar-refractivity contribution in [3.05, 3.63) is 77.9 Å². The molecule has 3 aromatic rings. The number of ketones is 1. The van der Waals surface area contributed by atoms with Gasteiger partial charge in [-0.1, -0.05) is 12.1 Å². The third kappa shape index (κ3) is 5.55. The Kier molecular flexibility index (Phi) is 7.98. The molecule has 9 nitrogen and oxygen atoms in total. The summed E-state index contributed by atoms with van der Waals surface area (Å²) in [6, 6.07) is 16.7. The molecule has 3 rings (SSSR count). The van der Waals surface area contributed by atoms with E-state index in [1.165, 1.54) is 58.7 Å². The highest BCUT2D eigenvalue weighted by Gasteiger charge is 2.24. The van der Waals surface area contributed by atoms with Crippen LogP contribution in [0.4, 0.5) is 5.69 Å². The zero-order valence-electron chi connectivity index (χ0n) is 19.7. The zero-order valence-corrected chi connectivity index (χ0v) is 20.5. The van der Waals surface area contributed by atoms with E-state index >= 15 is 0 Å². The fourth-order valence-corrected chi connectivity index (χ4v) is 4.47. The van der Waals surface area contributed by atoms with Gasteiger partial charge in [-0.2, -0.15) is 0 Å². The normalized spacial score (nSPS) is 10.9. The van der Waals surface area contributed by atoms with Crippen LogP contribution in [-0.4, -0.2) is 55.2 Å². The van der Waals surface area contributed by atoms with Gasteiger partial charge in [0.15, 0.2) is 6.61 Å². The van der Waals surface area contributed by atoms with E-state index in [4.69, 9.17) is 18.9 Å². The molecule has 0 heterocycles. The molecule has 0 unspecified atom stereocenters. The Hall–Kier alpha value is -4.05. The maximum atomic E-state index is 13.1. The minimum absolute atomic E-state index is 0.0281. The lowest BCUT2D eigenvalue weighted by molar-refractivity contribution is 0.0474. The molecule has 0 atom stereocenters.